The van der Waals surface area contributed by atoms with Crippen LogP contribution in [0, 0.1) is 12.8 Å². The Morgan fingerprint density at radius 3 is 2.32 bits per heavy atom. The minimum Gasteiger partial charge on any atom is -0.342 e. The quantitative estimate of drug-likeness (QED) is 0.865. The van der Waals surface area contributed by atoms with Gasteiger partial charge in [0.25, 0.3) is 0 Å². The summed E-state index contributed by atoms with van der Waals surface area (Å²) < 4.78 is 0. The summed E-state index contributed by atoms with van der Waals surface area (Å²) in [5.41, 5.74) is 2.62. The molecule has 0 saturated carbocycles. The van der Waals surface area contributed by atoms with Crippen molar-refractivity contribution in [1.82, 2.24) is 20.0 Å². The van der Waals surface area contributed by atoms with Crippen LogP contribution >= 0.6 is 0 Å². The molecular formula is C22H34N4O2. The van der Waals surface area contributed by atoms with Gasteiger partial charge in [-0.1, -0.05) is 43.7 Å². The van der Waals surface area contributed by atoms with Gasteiger partial charge < -0.3 is 15.1 Å². The zero-order valence-corrected chi connectivity index (χ0v) is 17.5. The first-order valence-electron chi connectivity index (χ1n) is 10.5. The van der Waals surface area contributed by atoms with Crippen molar-refractivity contribution in [3.8, 4) is 0 Å². The van der Waals surface area contributed by atoms with Crippen molar-refractivity contribution in [1.29, 1.82) is 0 Å². The molecule has 0 atom stereocenters. The molecular weight excluding hydrogens is 352 g/mol. The first-order valence-corrected chi connectivity index (χ1v) is 10.5. The summed E-state index contributed by atoms with van der Waals surface area (Å²) in [5.74, 6) is 0.261. The molecule has 0 aromatic heterocycles. The van der Waals surface area contributed by atoms with Gasteiger partial charge in [-0.15, -0.1) is 0 Å². The molecule has 2 aliphatic rings. The van der Waals surface area contributed by atoms with Gasteiger partial charge in [0.1, 0.15) is 0 Å². The van der Waals surface area contributed by atoms with Crippen LogP contribution in [0.3, 0.4) is 0 Å². The van der Waals surface area contributed by atoms with E-state index < -0.39 is 0 Å². The number of piperidine rings is 1. The molecule has 2 heterocycles. The van der Waals surface area contributed by atoms with Crippen LogP contribution in [-0.4, -0.2) is 71.9 Å². The maximum Gasteiger partial charge on any atom is 0.317 e. The fourth-order valence-electron chi connectivity index (χ4n) is 4.05. The van der Waals surface area contributed by atoms with Gasteiger partial charge in [0.15, 0.2) is 0 Å². The van der Waals surface area contributed by atoms with E-state index in [-0.39, 0.29) is 23.9 Å². The van der Waals surface area contributed by atoms with E-state index in [1.54, 1.807) is 0 Å². The molecule has 0 radical (unpaired) electrons. The number of hydrogen-bond acceptors (Lipinski definition) is 3. The Morgan fingerprint density at radius 2 is 1.71 bits per heavy atom. The zero-order valence-electron chi connectivity index (χ0n) is 17.5. The van der Waals surface area contributed by atoms with Crippen molar-refractivity contribution in [2.45, 2.75) is 46.2 Å². The number of piperazine rings is 1. The van der Waals surface area contributed by atoms with E-state index in [1.165, 1.54) is 11.1 Å². The van der Waals surface area contributed by atoms with E-state index in [2.05, 4.69) is 41.4 Å². The lowest BCUT2D eigenvalue weighted by Gasteiger charge is -2.37. The summed E-state index contributed by atoms with van der Waals surface area (Å²) in [4.78, 5) is 31.0. The molecule has 6 nitrogen and oxygen atoms in total. The smallest absolute Gasteiger partial charge is 0.317 e. The van der Waals surface area contributed by atoms with Crippen molar-refractivity contribution in [3.05, 3.63) is 35.4 Å². The molecule has 0 spiro atoms. The Labute approximate surface area is 168 Å². The maximum atomic E-state index is 12.6. The second-order valence-corrected chi connectivity index (χ2v) is 8.46. The predicted octanol–water partition coefficient (Wildman–Crippen LogP) is 2.47. The summed E-state index contributed by atoms with van der Waals surface area (Å²) in [6.45, 7) is 11.8. The molecule has 2 fully saturated rings. The number of carbonyl (C=O) groups excluding carboxylic acids is 2. The van der Waals surface area contributed by atoms with Gasteiger partial charge in [0.2, 0.25) is 5.91 Å². The molecule has 1 aromatic carbocycles. The number of aryl methyl sites for hydroxylation is 1. The molecule has 1 N–H and O–H groups in total. The lowest BCUT2D eigenvalue weighted by atomic mass is 10.0. The maximum absolute atomic E-state index is 12.6. The van der Waals surface area contributed by atoms with Gasteiger partial charge in [-0.2, -0.15) is 0 Å². The third kappa shape index (κ3) is 5.47. The highest BCUT2D eigenvalue weighted by Gasteiger charge is 2.27. The van der Waals surface area contributed by atoms with Crippen molar-refractivity contribution in [2.75, 3.05) is 39.3 Å². The summed E-state index contributed by atoms with van der Waals surface area (Å²) in [6, 6.07) is 8.85. The van der Waals surface area contributed by atoms with Crippen LogP contribution in [0.25, 0.3) is 0 Å². The third-order valence-electron chi connectivity index (χ3n) is 5.78. The van der Waals surface area contributed by atoms with E-state index >= 15 is 0 Å². The van der Waals surface area contributed by atoms with E-state index in [4.69, 9.17) is 0 Å². The standard InChI is InChI=1S/C22H34N4O2/c1-17(2)21(27)25-9-7-20(8-10-25)23-22(28)26-13-11-24(12-14-26)16-19-6-4-5-18(3)15-19/h4-6,15,17,20H,7-14,16H2,1-3H3,(H,23,28). The normalized spacial score (nSPS) is 19.1. The summed E-state index contributed by atoms with van der Waals surface area (Å²) in [6.07, 6.45) is 1.69. The zero-order chi connectivity index (χ0) is 20.1. The SMILES string of the molecule is Cc1cccc(CN2CCN(C(=O)NC3CCN(C(=O)C(C)C)CC3)CC2)c1. The van der Waals surface area contributed by atoms with E-state index in [1.807, 2.05) is 23.6 Å². The molecule has 0 aliphatic carbocycles. The number of nitrogens with zero attached hydrogens (tertiary/aromatic N) is 3. The second-order valence-electron chi connectivity index (χ2n) is 8.46. The first kappa shape index (κ1) is 20.6. The number of amides is 3. The fraction of sp³-hybridized carbons (Fsp3) is 0.636. The molecule has 1 aromatic rings. The molecule has 3 amide bonds. The van der Waals surface area contributed by atoms with Gasteiger partial charge in [-0.05, 0) is 25.3 Å². The molecule has 154 valence electrons. The predicted molar refractivity (Wildman–Crippen MR) is 111 cm³/mol. The summed E-state index contributed by atoms with van der Waals surface area (Å²) in [7, 11) is 0. The first-order chi connectivity index (χ1) is 13.4. The number of carbonyl (C=O) groups is 2. The molecule has 0 bridgehead atoms. The minimum absolute atomic E-state index is 0.0437. The number of likely N-dealkylation sites (tertiary alicyclic amines) is 1. The average Bonchev–Trinajstić information content (AvgIpc) is 2.68. The molecule has 2 aliphatic heterocycles. The molecule has 28 heavy (non-hydrogen) atoms. The van der Waals surface area contributed by atoms with Crippen LogP contribution in [0.2, 0.25) is 0 Å². The number of hydrogen-bond donors (Lipinski definition) is 1. The average molecular weight is 387 g/mol. The van der Waals surface area contributed by atoms with Gasteiger partial charge >= 0.3 is 6.03 Å². The van der Waals surface area contributed by atoms with Crippen LogP contribution in [0.1, 0.15) is 37.8 Å². The van der Waals surface area contributed by atoms with Crippen molar-refractivity contribution in [3.63, 3.8) is 0 Å². The highest BCUT2D eigenvalue weighted by Crippen LogP contribution is 2.15. The summed E-state index contributed by atoms with van der Waals surface area (Å²) in [5, 5.41) is 3.18. The van der Waals surface area contributed by atoms with E-state index in [0.717, 1.165) is 58.7 Å². The van der Waals surface area contributed by atoms with Crippen LogP contribution in [0.15, 0.2) is 24.3 Å². The molecule has 3 rings (SSSR count). The van der Waals surface area contributed by atoms with Crippen LogP contribution in [0.5, 0.6) is 0 Å². The Morgan fingerprint density at radius 1 is 1.04 bits per heavy atom. The highest BCUT2D eigenvalue weighted by atomic mass is 16.2. The topological polar surface area (TPSA) is 55.9 Å². The highest BCUT2D eigenvalue weighted by molar-refractivity contribution is 5.78. The second kappa shape index (κ2) is 9.41. The van der Waals surface area contributed by atoms with Crippen LogP contribution in [-0.2, 0) is 11.3 Å². The number of benzene rings is 1. The van der Waals surface area contributed by atoms with Gasteiger partial charge in [-0.25, -0.2) is 4.79 Å². The lowest BCUT2D eigenvalue weighted by molar-refractivity contribution is -0.135. The monoisotopic (exact) mass is 386 g/mol. The van der Waals surface area contributed by atoms with E-state index in [0.29, 0.717) is 0 Å². The van der Waals surface area contributed by atoms with Crippen molar-refractivity contribution >= 4 is 11.9 Å². The lowest BCUT2D eigenvalue weighted by Crippen LogP contribution is -2.55. The Balaban J connectivity index is 1.39. The van der Waals surface area contributed by atoms with Crippen LogP contribution in [0.4, 0.5) is 4.79 Å². The third-order valence-corrected chi connectivity index (χ3v) is 5.78. The molecule has 6 heteroatoms. The van der Waals surface area contributed by atoms with Crippen molar-refractivity contribution < 1.29 is 9.59 Å². The minimum atomic E-state index is 0.0437. The Hall–Kier alpha value is -2.08. The number of rotatable bonds is 4. The van der Waals surface area contributed by atoms with Crippen molar-refractivity contribution in [2.24, 2.45) is 5.92 Å². The largest absolute Gasteiger partial charge is 0.342 e. The van der Waals surface area contributed by atoms with Gasteiger partial charge in [0, 0.05) is 57.8 Å². The molecule has 2 saturated heterocycles. The number of urea groups is 1. The Bertz CT molecular complexity index is 675. The number of nitrogens with one attached hydrogen (secondary N) is 1. The summed E-state index contributed by atoms with van der Waals surface area (Å²) >= 11 is 0. The van der Waals surface area contributed by atoms with E-state index in [9.17, 15) is 9.59 Å². The molecule has 0 unspecified atom stereocenters. The van der Waals surface area contributed by atoms with Crippen LogP contribution < -0.4 is 5.32 Å². The Kier molecular flexibility index (Phi) is 6.94. The van der Waals surface area contributed by atoms with Gasteiger partial charge in [-0.3, -0.25) is 9.69 Å². The van der Waals surface area contributed by atoms with Gasteiger partial charge in [0.05, 0.1) is 0 Å². The fourth-order valence-corrected chi connectivity index (χ4v) is 4.05.